The van der Waals surface area contributed by atoms with E-state index in [1.807, 2.05) is 30.5 Å². The highest BCUT2D eigenvalue weighted by atomic mass is 32.2. The van der Waals surface area contributed by atoms with E-state index in [1.54, 1.807) is 36.6 Å². The van der Waals surface area contributed by atoms with Gasteiger partial charge in [-0.05, 0) is 30.5 Å². The predicted octanol–water partition coefficient (Wildman–Crippen LogP) is 2.25. The zero-order valence-corrected chi connectivity index (χ0v) is 17.9. The molecule has 2 aromatic heterocycles. The molecule has 152 valence electrons. The number of fused-ring (bicyclic) bond motifs is 1. The molecule has 0 atom stereocenters. The smallest absolute Gasteiger partial charge is 0.261 e. The number of amides is 2. The second-order valence-corrected chi connectivity index (χ2v) is 8.30. The third-order valence-electron chi connectivity index (χ3n) is 4.38. The van der Waals surface area contributed by atoms with Crippen LogP contribution in [-0.4, -0.2) is 45.1 Å². The molecule has 0 bridgehead atoms. The van der Waals surface area contributed by atoms with Crippen LogP contribution in [0.2, 0.25) is 0 Å². The van der Waals surface area contributed by atoms with Crippen LogP contribution < -0.4 is 10.9 Å². The van der Waals surface area contributed by atoms with Crippen molar-refractivity contribution >= 4 is 45.8 Å². The third-order valence-corrected chi connectivity index (χ3v) is 6.27. The largest absolute Gasteiger partial charge is 0.350 e. The minimum atomic E-state index is -0.199. The molecule has 3 aromatic rings. The van der Waals surface area contributed by atoms with Crippen molar-refractivity contribution in [2.24, 2.45) is 7.05 Å². The van der Waals surface area contributed by atoms with Gasteiger partial charge < -0.3 is 10.2 Å². The lowest BCUT2D eigenvalue weighted by atomic mass is 10.2. The predicted molar refractivity (Wildman–Crippen MR) is 116 cm³/mol. The fraction of sp³-hybridized carbons (Fsp3) is 0.300. The van der Waals surface area contributed by atoms with Crippen LogP contribution in [0.15, 0.2) is 51.7 Å². The van der Waals surface area contributed by atoms with E-state index in [0.717, 1.165) is 4.88 Å². The van der Waals surface area contributed by atoms with Crippen molar-refractivity contribution in [3.8, 4) is 0 Å². The van der Waals surface area contributed by atoms with E-state index in [0.29, 0.717) is 29.1 Å². The molecule has 7 nitrogen and oxygen atoms in total. The number of para-hydroxylation sites is 1. The van der Waals surface area contributed by atoms with E-state index in [4.69, 9.17) is 0 Å². The van der Waals surface area contributed by atoms with Gasteiger partial charge in [-0.15, -0.1) is 11.3 Å². The van der Waals surface area contributed by atoms with Gasteiger partial charge in [0.25, 0.3) is 5.56 Å². The number of nitrogens with zero attached hydrogens (tertiary/aromatic N) is 3. The van der Waals surface area contributed by atoms with Crippen molar-refractivity contribution in [2.75, 3.05) is 18.8 Å². The van der Waals surface area contributed by atoms with Gasteiger partial charge in [0.2, 0.25) is 11.8 Å². The van der Waals surface area contributed by atoms with Gasteiger partial charge in [0.05, 0.1) is 29.7 Å². The molecule has 3 rings (SSSR count). The van der Waals surface area contributed by atoms with Crippen LogP contribution in [0.3, 0.4) is 0 Å². The first-order valence-corrected chi connectivity index (χ1v) is 11.0. The van der Waals surface area contributed by atoms with Crippen molar-refractivity contribution in [3.63, 3.8) is 0 Å². The number of likely N-dealkylation sites (N-methyl/N-ethyl adjacent to an activating group) is 1. The van der Waals surface area contributed by atoms with E-state index in [2.05, 4.69) is 10.3 Å². The van der Waals surface area contributed by atoms with E-state index in [-0.39, 0.29) is 29.7 Å². The van der Waals surface area contributed by atoms with Crippen molar-refractivity contribution in [1.29, 1.82) is 0 Å². The molecule has 0 aliphatic rings. The number of thioether (sulfide) groups is 1. The number of aromatic nitrogens is 2. The zero-order chi connectivity index (χ0) is 20.8. The minimum absolute atomic E-state index is 0.00531. The molecule has 9 heteroatoms. The number of hydrogen-bond donors (Lipinski definition) is 1. The Balaban J connectivity index is 1.60. The lowest BCUT2D eigenvalue weighted by Crippen LogP contribution is -2.41. The monoisotopic (exact) mass is 430 g/mol. The van der Waals surface area contributed by atoms with E-state index >= 15 is 0 Å². The highest BCUT2D eigenvalue weighted by molar-refractivity contribution is 7.99. The number of rotatable bonds is 8. The molecular weight excluding hydrogens is 408 g/mol. The van der Waals surface area contributed by atoms with Crippen LogP contribution in [0.4, 0.5) is 0 Å². The summed E-state index contributed by atoms with van der Waals surface area (Å²) in [5, 5.41) is 5.80. The minimum Gasteiger partial charge on any atom is -0.350 e. The number of benzene rings is 1. The van der Waals surface area contributed by atoms with Gasteiger partial charge >= 0.3 is 0 Å². The Kier molecular flexibility index (Phi) is 7.05. The van der Waals surface area contributed by atoms with Gasteiger partial charge in [0.15, 0.2) is 5.16 Å². The number of nitrogens with one attached hydrogen (secondary N) is 1. The van der Waals surface area contributed by atoms with Gasteiger partial charge in [-0.2, -0.15) is 0 Å². The van der Waals surface area contributed by atoms with Crippen LogP contribution >= 0.6 is 23.1 Å². The standard InChI is InChI=1S/C20H22N4O3S2/c1-3-24(12-17(25)21-11-14-7-6-10-28-14)18(26)13-29-20-22-16-9-5-4-8-15(16)19(27)23(20)2/h4-10H,3,11-13H2,1-2H3,(H,21,25). The average Bonchev–Trinajstić information content (AvgIpc) is 3.25. The van der Waals surface area contributed by atoms with E-state index < -0.39 is 0 Å². The SMILES string of the molecule is CCN(CC(=O)NCc1cccs1)C(=O)CSc1nc2ccccc2c(=O)n1C. The van der Waals surface area contributed by atoms with Crippen LogP contribution in [0.25, 0.3) is 10.9 Å². The van der Waals surface area contributed by atoms with Crippen molar-refractivity contribution < 1.29 is 9.59 Å². The van der Waals surface area contributed by atoms with E-state index in [1.165, 1.54) is 21.2 Å². The van der Waals surface area contributed by atoms with Crippen molar-refractivity contribution in [3.05, 3.63) is 57.0 Å². The average molecular weight is 431 g/mol. The molecular formula is C20H22N4O3S2. The molecule has 0 saturated carbocycles. The summed E-state index contributed by atoms with van der Waals surface area (Å²) in [5.41, 5.74) is 0.455. The van der Waals surface area contributed by atoms with Crippen LogP contribution in [0.1, 0.15) is 11.8 Å². The lowest BCUT2D eigenvalue weighted by molar-refractivity contribution is -0.133. The first-order valence-electron chi connectivity index (χ1n) is 9.15. The maximum Gasteiger partial charge on any atom is 0.261 e. The number of hydrogen-bond acceptors (Lipinski definition) is 6. The number of thiophene rings is 1. The molecule has 0 spiro atoms. The molecule has 0 saturated heterocycles. The normalized spacial score (nSPS) is 10.8. The highest BCUT2D eigenvalue weighted by Gasteiger charge is 2.17. The first-order chi connectivity index (χ1) is 14.0. The fourth-order valence-electron chi connectivity index (χ4n) is 2.75. The first kappa shape index (κ1) is 21.1. The summed E-state index contributed by atoms with van der Waals surface area (Å²) in [7, 11) is 1.64. The lowest BCUT2D eigenvalue weighted by Gasteiger charge is -2.20. The topological polar surface area (TPSA) is 84.3 Å². The molecule has 0 aliphatic heterocycles. The van der Waals surface area contributed by atoms with Crippen LogP contribution in [0, 0.1) is 0 Å². The van der Waals surface area contributed by atoms with Gasteiger partial charge in [0.1, 0.15) is 0 Å². The molecule has 0 aliphatic carbocycles. The molecule has 0 radical (unpaired) electrons. The number of carbonyl (C=O) groups excluding carboxylic acids is 2. The Hall–Kier alpha value is -2.65. The Bertz CT molecular complexity index is 1060. The maximum absolute atomic E-state index is 12.6. The molecule has 1 N–H and O–H groups in total. The zero-order valence-electron chi connectivity index (χ0n) is 16.3. The number of carbonyl (C=O) groups is 2. The second kappa shape index (κ2) is 9.71. The molecule has 2 amide bonds. The van der Waals surface area contributed by atoms with Gasteiger partial charge in [-0.1, -0.05) is 30.0 Å². The summed E-state index contributed by atoms with van der Waals surface area (Å²) in [6.45, 7) is 2.72. The summed E-state index contributed by atoms with van der Waals surface area (Å²) in [6, 6.07) is 11.0. The highest BCUT2D eigenvalue weighted by Crippen LogP contribution is 2.17. The molecule has 0 fully saturated rings. The molecule has 29 heavy (non-hydrogen) atoms. The van der Waals surface area contributed by atoms with Crippen molar-refractivity contribution in [1.82, 2.24) is 19.8 Å². The Morgan fingerprint density at radius 1 is 1.24 bits per heavy atom. The van der Waals surface area contributed by atoms with Gasteiger partial charge in [0, 0.05) is 18.5 Å². The van der Waals surface area contributed by atoms with Gasteiger partial charge in [-0.25, -0.2) is 4.98 Å². The van der Waals surface area contributed by atoms with Crippen LogP contribution in [-0.2, 0) is 23.2 Å². The summed E-state index contributed by atoms with van der Waals surface area (Å²) < 4.78 is 1.45. The summed E-state index contributed by atoms with van der Waals surface area (Å²) in [6.07, 6.45) is 0. The summed E-state index contributed by atoms with van der Waals surface area (Å²) in [5.74, 6) is -0.272. The van der Waals surface area contributed by atoms with Crippen LogP contribution in [0.5, 0.6) is 0 Å². The Morgan fingerprint density at radius 3 is 2.76 bits per heavy atom. The summed E-state index contributed by atoms with van der Waals surface area (Å²) >= 11 is 2.77. The third kappa shape index (κ3) is 5.24. The quantitative estimate of drug-likeness (QED) is 0.438. The fourth-order valence-corrected chi connectivity index (χ4v) is 4.27. The van der Waals surface area contributed by atoms with E-state index in [9.17, 15) is 14.4 Å². The molecule has 0 unspecified atom stereocenters. The molecule has 2 heterocycles. The maximum atomic E-state index is 12.6. The Morgan fingerprint density at radius 2 is 2.03 bits per heavy atom. The molecule has 1 aromatic carbocycles. The second-order valence-electron chi connectivity index (χ2n) is 6.33. The Labute approximate surface area is 176 Å². The summed E-state index contributed by atoms with van der Waals surface area (Å²) in [4.78, 5) is 44.3. The van der Waals surface area contributed by atoms with Crippen molar-refractivity contribution in [2.45, 2.75) is 18.6 Å². The van der Waals surface area contributed by atoms with Gasteiger partial charge in [-0.3, -0.25) is 19.0 Å².